The SMILES string of the molecule is O=C(NNc1ccc(F)cc1)c1cccc(=O)n1CC(F)(F)F. The van der Waals surface area contributed by atoms with Gasteiger partial charge in [-0.25, -0.2) is 4.39 Å². The number of aromatic nitrogens is 1. The van der Waals surface area contributed by atoms with Crippen LogP contribution in [0.1, 0.15) is 10.5 Å². The van der Waals surface area contributed by atoms with Gasteiger partial charge in [0.15, 0.2) is 0 Å². The van der Waals surface area contributed by atoms with Crippen LogP contribution in [0.15, 0.2) is 47.3 Å². The normalized spacial score (nSPS) is 11.1. The van der Waals surface area contributed by atoms with Crippen molar-refractivity contribution in [3.8, 4) is 0 Å². The number of halogens is 4. The quantitative estimate of drug-likeness (QED) is 0.668. The van der Waals surface area contributed by atoms with Crippen molar-refractivity contribution in [1.29, 1.82) is 0 Å². The lowest BCUT2D eigenvalue weighted by atomic mass is 10.3. The van der Waals surface area contributed by atoms with Crippen LogP contribution in [0.4, 0.5) is 23.2 Å². The molecule has 0 aliphatic carbocycles. The Morgan fingerprint density at radius 1 is 1.09 bits per heavy atom. The number of anilines is 1. The summed E-state index contributed by atoms with van der Waals surface area (Å²) in [5.41, 5.74) is 3.48. The van der Waals surface area contributed by atoms with Gasteiger partial charge in [0, 0.05) is 6.07 Å². The maximum Gasteiger partial charge on any atom is 0.406 e. The number of nitrogens with zero attached hydrogens (tertiary/aromatic N) is 1. The standard InChI is InChI=1S/C14H11F4N3O2/c15-9-4-6-10(7-5-9)19-20-13(23)11-2-1-3-12(22)21(11)8-14(16,17)18/h1-7,19H,8H2,(H,20,23). The minimum atomic E-state index is -4.65. The zero-order valence-corrected chi connectivity index (χ0v) is 11.5. The van der Waals surface area contributed by atoms with Gasteiger partial charge in [-0.05, 0) is 30.3 Å². The van der Waals surface area contributed by atoms with Gasteiger partial charge < -0.3 is 0 Å². The number of carbonyl (C=O) groups excluding carboxylic acids is 1. The Balaban J connectivity index is 2.17. The molecule has 0 spiro atoms. The second kappa shape index (κ2) is 6.51. The molecule has 0 saturated heterocycles. The van der Waals surface area contributed by atoms with Crippen molar-refractivity contribution < 1.29 is 22.4 Å². The van der Waals surface area contributed by atoms with Gasteiger partial charge >= 0.3 is 6.18 Å². The Bertz CT molecular complexity index is 754. The molecule has 2 N–H and O–H groups in total. The van der Waals surface area contributed by atoms with Gasteiger partial charge in [-0.3, -0.25) is 25.0 Å². The van der Waals surface area contributed by atoms with Crippen molar-refractivity contribution >= 4 is 11.6 Å². The number of hydrogen-bond donors (Lipinski definition) is 2. The van der Waals surface area contributed by atoms with E-state index in [1.807, 2.05) is 0 Å². The van der Waals surface area contributed by atoms with Crippen LogP contribution >= 0.6 is 0 Å². The summed E-state index contributed by atoms with van der Waals surface area (Å²) in [6, 6.07) is 8.12. The maximum absolute atomic E-state index is 12.7. The first-order valence-corrected chi connectivity index (χ1v) is 6.35. The molecule has 23 heavy (non-hydrogen) atoms. The van der Waals surface area contributed by atoms with Crippen LogP contribution in [0, 0.1) is 5.82 Å². The van der Waals surface area contributed by atoms with E-state index in [0.717, 1.165) is 24.3 Å². The van der Waals surface area contributed by atoms with Crippen molar-refractivity contribution in [3.05, 3.63) is 64.3 Å². The van der Waals surface area contributed by atoms with Gasteiger partial charge in [0.1, 0.15) is 18.1 Å². The van der Waals surface area contributed by atoms with E-state index in [-0.39, 0.29) is 0 Å². The summed E-state index contributed by atoms with van der Waals surface area (Å²) >= 11 is 0. The molecule has 0 atom stereocenters. The molecule has 1 heterocycles. The lowest BCUT2D eigenvalue weighted by molar-refractivity contribution is -0.141. The monoisotopic (exact) mass is 329 g/mol. The molecule has 0 aliphatic rings. The van der Waals surface area contributed by atoms with Gasteiger partial charge in [0.25, 0.3) is 11.5 Å². The highest BCUT2D eigenvalue weighted by atomic mass is 19.4. The minimum absolute atomic E-state index is 0.320. The van der Waals surface area contributed by atoms with Crippen molar-refractivity contribution in [1.82, 2.24) is 9.99 Å². The van der Waals surface area contributed by atoms with Gasteiger partial charge in [0.2, 0.25) is 0 Å². The first-order valence-electron chi connectivity index (χ1n) is 6.35. The maximum atomic E-state index is 12.7. The van der Waals surface area contributed by atoms with Crippen LogP contribution in [0.2, 0.25) is 0 Å². The molecule has 0 saturated carbocycles. The van der Waals surface area contributed by atoms with Crippen LogP contribution in [-0.2, 0) is 6.54 Å². The van der Waals surface area contributed by atoms with E-state index in [1.165, 1.54) is 18.2 Å². The van der Waals surface area contributed by atoms with Crippen LogP contribution in [0.5, 0.6) is 0 Å². The van der Waals surface area contributed by atoms with E-state index >= 15 is 0 Å². The van der Waals surface area contributed by atoms with E-state index in [1.54, 1.807) is 0 Å². The number of rotatable bonds is 4. The first-order chi connectivity index (χ1) is 10.8. The highest BCUT2D eigenvalue weighted by Crippen LogP contribution is 2.17. The molecule has 0 unspecified atom stereocenters. The zero-order chi connectivity index (χ0) is 17.0. The number of benzene rings is 1. The number of pyridine rings is 1. The molecule has 0 fully saturated rings. The van der Waals surface area contributed by atoms with E-state index < -0.39 is 35.7 Å². The predicted octanol–water partition coefficient (Wildman–Crippen LogP) is 2.31. The van der Waals surface area contributed by atoms with Crippen LogP contribution in [-0.4, -0.2) is 16.7 Å². The van der Waals surface area contributed by atoms with Gasteiger partial charge in [-0.15, -0.1) is 0 Å². The molecular formula is C14H11F4N3O2. The molecule has 1 amide bonds. The molecular weight excluding hydrogens is 318 g/mol. The molecule has 122 valence electrons. The highest BCUT2D eigenvalue weighted by Gasteiger charge is 2.30. The number of carbonyl (C=O) groups is 1. The molecule has 2 rings (SSSR count). The average Bonchev–Trinajstić information content (AvgIpc) is 2.47. The predicted molar refractivity (Wildman–Crippen MR) is 74.2 cm³/mol. The summed E-state index contributed by atoms with van der Waals surface area (Å²) in [5, 5.41) is 0. The Labute approximate surface area is 127 Å². The van der Waals surface area contributed by atoms with Gasteiger partial charge in [0.05, 0.1) is 5.69 Å². The summed E-state index contributed by atoms with van der Waals surface area (Å²) in [7, 11) is 0. The molecule has 1 aromatic carbocycles. The third kappa shape index (κ3) is 4.56. The van der Waals surface area contributed by atoms with Crippen molar-refractivity contribution in [2.24, 2.45) is 0 Å². The number of hydrogen-bond acceptors (Lipinski definition) is 3. The lowest BCUT2D eigenvalue weighted by Crippen LogP contribution is -2.37. The average molecular weight is 329 g/mol. The summed E-state index contributed by atoms with van der Waals surface area (Å²) in [4.78, 5) is 23.5. The minimum Gasteiger partial charge on any atom is -0.298 e. The fourth-order valence-corrected chi connectivity index (χ4v) is 1.79. The molecule has 0 radical (unpaired) electrons. The van der Waals surface area contributed by atoms with Crippen LogP contribution in [0.25, 0.3) is 0 Å². The Kier molecular flexibility index (Phi) is 4.68. The number of alkyl halides is 3. The third-order valence-electron chi connectivity index (χ3n) is 2.78. The summed E-state index contributed by atoms with van der Waals surface area (Å²) in [5.74, 6) is -1.42. The Morgan fingerprint density at radius 3 is 2.35 bits per heavy atom. The number of amides is 1. The molecule has 0 aliphatic heterocycles. The largest absolute Gasteiger partial charge is 0.406 e. The first kappa shape index (κ1) is 16.5. The second-order valence-corrected chi connectivity index (χ2v) is 4.54. The third-order valence-corrected chi connectivity index (χ3v) is 2.78. The Hall–Kier alpha value is -2.84. The molecule has 5 nitrogen and oxygen atoms in total. The van der Waals surface area contributed by atoms with Crippen molar-refractivity contribution in [2.45, 2.75) is 12.7 Å². The summed E-state index contributed by atoms with van der Waals surface area (Å²) < 4.78 is 50.6. The lowest BCUT2D eigenvalue weighted by Gasteiger charge is -2.15. The van der Waals surface area contributed by atoms with E-state index in [0.29, 0.717) is 10.3 Å². The molecule has 1 aromatic heterocycles. The molecule has 0 bridgehead atoms. The van der Waals surface area contributed by atoms with E-state index in [4.69, 9.17) is 0 Å². The van der Waals surface area contributed by atoms with E-state index in [9.17, 15) is 27.2 Å². The van der Waals surface area contributed by atoms with Gasteiger partial charge in [-0.2, -0.15) is 13.2 Å². The van der Waals surface area contributed by atoms with Crippen LogP contribution in [0.3, 0.4) is 0 Å². The zero-order valence-electron chi connectivity index (χ0n) is 11.5. The van der Waals surface area contributed by atoms with Crippen molar-refractivity contribution in [2.75, 3.05) is 5.43 Å². The van der Waals surface area contributed by atoms with Gasteiger partial charge in [-0.1, -0.05) is 6.07 Å². The fourth-order valence-electron chi connectivity index (χ4n) is 1.79. The highest BCUT2D eigenvalue weighted by molar-refractivity contribution is 5.93. The number of nitrogens with one attached hydrogen (secondary N) is 2. The van der Waals surface area contributed by atoms with E-state index in [2.05, 4.69) is 10.9 Å². The fraction of sp³-hybridized carbons (Fsp3) is 0.143. The second-order valence-electron chi connectivity index (χ2n) is 4.54. The molecule has 2 aromatic rings. The van der Waals surface area contributed by atoms with Crippen molar-refractivity contribution in [3.63, 3.8) is 0 Å². The topological polar surface area (TPSA) is 63.1 Å². The van der Waals surface area contributed by atoms with Crippen LogP contribution < -0.4 is 16.4 Å². The Morgan fingerprint density at radius 2 is 1.74 bits per heavy atom. The number of hydrazine groups is 1. The summed E-state index contributed by atoms with van der Waals surface area (Å²) in [6.45, 7) is -1.58. The smallest absolute Gasteiger partial charge is 0.298 e. The molecule has 9 heteroatoms. The summed E-state index contributed by atoms with van der Waals surface area (Å²) in [6.07, 6.45) is -4.65.